The lowest BCUT2D eigenvalue weighted by atomic mass is 9.89. The lowest BCUT2D eigenvalue weighted by Gasteiger charge is -2.29. The highest BCUT2D eigenvalue weighted by Crippen LogP contribution is 2.40. The summed E-state index contributed by atoms with van der Waals surface area (Å²) in [6, 6.07) is 1.18. The summed E-state index contributed by atoms with van der Waals surface area (Å²) in [6.07, 6.45) is -11.6. The Balaban J connectivity index is 1.85. The maximum Gasteiger partial charge on any atom is 0.416 e. The SMILES string of the molecule is CCCC[C@H](NC(=O)O[C@@H](c1nnc(-c2cc(C(F)(F)F)cc(C(F)(F)F)c2)o1)C(C)(C)C)[C@@H](O)C(=O)Nc1ccn[nH]1. The first-order chi connectivity index (χ1) is 19.9. The smallest absolute Gasteiger partial charge is 0.416 e. The number of alkyl halides is 6. The van der Waals surface area contributed by atoms with Crippen molar-refractivity contribution in [1.29, 1.82) is 0 Å². The number of hydrogen-bond donors (Lipinski definition) is 4. The summed E-state index contributed by atoms with van der Waals surface area (Å²) in [7, 11) is 0. The van der Waals surface area contributed by atoms with Gasteiger partial charge in [-0.1, -0.05) is 40.5 Å². The molecular weight excluding hydrogens is 590 g/mol. The van der Waals surface area contributed by atoms with Crippen LogP contribution in [0.2, 0.25) is 0 Å². The quantitative estimate of drug-likeness (QED) is 0.205. The van der Waals surface area contributed by atoms with Crippen LogP contribution in [0.5, 0.6) is 0 Å². The summed E-state index contributed by atoms with van der Waals surface area (Å²) >= 11 is 0. The van der Waals surface area contributed by atoms with Crippen LogP contribution in [0.3, 0.4) is 0 Å². The average molecular weight is 621 g/mol. The molecular formula is C26H30F6N6O5. The molecule has 0 aliphatic rings. The maximum absolute atomic E-state index is 13.3. The van der Waals surface area contributed by atoms with Crippen LogP contribution in [0, 0.1) is 5.41 Å². The van der Waals surface area contributed by atoms with Crippen molar-refractivity contribution in [3.8, 4) is 11.5 Å². The van der Waals surface area contributed by atoms with E-state index in [-0.39, 0.29) is 18.3 Å². The fraction of sp³-hybridized carbons (Fsp3) is 0.500. The number of carbonyl (C=O) groups is 2. The number of aromatic amines is 1. The van der Waals surface area contributed by atoms with E-state index in [9.17, 15) is 41.0 Å². The molecule has 3 rings (SSSR count). The first-order valence-corrected chi connectivity index (χ1v) is 13.0. The zero-order valence-electron chi connectivity index (χ0n) is 23.4. The third-order valence-corrected chi connectivity index (χ3v) is 6.09. The highest BCUT2D eigenvalue weighted by atomic mass is 19.4. The van der Waals surface area contributed by atoms with Crippen LogP contribution in [0.4, 0.5) is 37.0 Å². The largest absolute Gasteiger partial charge is 0.436 e. The first kappa shape index (κ1) is 33.4. The van der Waals surface area contributed by atoms with Gasteiger partial charge in [0.2, 0.25) is 5.89 Å². The number of carbonyl (C=O) groups excluding carboxylic acids is 2. The van der Waals surface area contributed by atoms with Gasteiger partial charge in [-0.3, -0.25) is 9.89 Å². The van der Waals surface area contributed by atoms with Crippen molar-refractivity contribution in [2.24, 2.45) is 5.41 Å². The monoisotopic (exact) mass is 620 g/mol. The second kappa shape index (κ2) is 13.0. The number of benzene rings is 1. The fourth-order valence-electron chi connectivity index (χ4n) is 3.87. The highest BCUT2D eigenvalue weighted by molar-refractivity contribution is 5.94. The molecule has 0 aliphatic carbocycles. The summed E-state index contributed by atoms with van der Waals surface area (Å²) in [6.45, 7) is 6.66. The van der Waals surface area contributed by atoms with E-state index in [1.54, 1.807) is 20.8 Å². The van der Waals surface area contributed by atoms with Crippen molar-refractivity contribution in [3.63, 3.8) is 0 Å². The average Bonchev–Trinajstić information content (AvgIpc) is 3.60. The Morgan fingerprint density at radius 1 is 1.05 bits per heavy atom. The molecule has 11 nitrogen and oxygen atoms in total. The Labute approximate surface area is 241 Å². The Morgan fingerprint density at radius 3 is 2.19 bits per heavy atom. The normalized spacial score (nSPS) is 14.6. The lowest BCUT2D eigenvalue weighted by molar-refractivity contribution is -0.143. The van der Waals surface area contributed by atoms with Gasteiger partial charge in [0, 0.05) is 17.0 Å². The van der Waals surface area contributed by atoms with E-state index < -0.39 is 76.5 Å². The van der Waals surface area contributed by atoms with Crippen LogP contribution in [-0.4, -0.2) is 49.6 Å². The topological polar surface area (TPSA) is 155 Å². The minimum atomic E-state index is -5.10. The molecule has 3 aromatic rings. The van der Waals surface area contributed by atoms with Crippen molar-refractivity contribution in [2.45, 2.75) is 77.6 Å². The summed E-state index contributed by atoms with van der Waals surface area (Å²) < 4.78 is 90.8. The Morgan fingerprint density at radius 2 is 1.67 bits per heavy atom. The molecule has 0 bridgehead atoms. The third kappa shape index (κ3) is 8.92. The first-order valence-electron chi connectivity index (χ1n) is 13.0. The number of aromatic nitrogens is 4. The van der Waals surface area contributed by atoms with Crippen molar-refractivity contribution in [2.75, 3.05) is 5.32 Å². The third-order valence-electron chi connectivity index (χ3n) is 6.09. The van der Waals surface area contributed by atoms with Crippen molar-refractivity contribution >= 4 is 17.8 Å². The van der Waals surface area contributed by atoms with Gasteiger partial charge in [0.05, 0.1) is 23.4 Å². The van der Waals surface area contributed by atoms with E-state index in [1.165, 1.54) is 12.3 Å². The number of hydrogen-bond acceptors (Lipinski definition) is 8. The van der Waals surface area contributed by atoms with Gasteiger partial charge in [-0.05, 0) is 24.6 Å². The number of H-pyrrole nitrogens is 1. The minimum absolute atomic E-state index is 0.0369. The molecule has 0 spiro atoms. The summed E-state index contributed by atoms with van der Waals surface area (Å²) in [4.78, 5) is 25.5. The number of rotatable bonds is 10. The number of ether oxygens (including phenoxy) is 1. The number of halogens is 6. The Bertz CT molecular complexity index is 1350. The molecule has 1 aromatic carbocycles. The molecule has 4 N–H and O–H groups in total. The van der Waals surface area contributed by atoms with Crippen LogP contribution in [-0.2, 0) is 21.9 Å². The van der Waals surface area contributed by atoms with E-state index in [4.69, 9.17) is 9.15 Å². The molecule has 2 aromatic heterocycles. The van der Waals surface area contributed by atoms with Crippen LogP contribution >= 0.6 is 0 Å². The highest BCUT2D eigenvalue weighted by Gasteiger charge is 2.39. The number of nitrogens with zero attached hydrogens (tertiary/aromatic N) is 3. The molecule has 0 saturated carbocycles. The number of aliphatic hydroxyl groups excluding tert-OH is 1. The molecule has 0 unspecified atom stereocenters. The van der Waals surface area contributed by atoms with E-state index >= 15 is 0 Å². The molecule has 236 valence electrons. The minimum Gasteiger partial charge on any atom is -0.436 e. The van der Waals surface area contributed by atoms with Gasteiger partial charge in [-0.15, -0.1) is 10.2 Å². The predicted molar refractivity (Wildman–Crippen MR) is 138 cm³/mol. The van der Waals surface area contributed by atoms with Gasteiger partial charge in [-0.25, -0.2) is 4.79 Å². The number of unbranched alkanes of at least 4 members (excludes halogenated alkanes) is 1. The van der Waals surface area contributed by atoms with Gasteiger partial charge in [0.15, 0.2) is 12.2 Å². The standard InChI is InChI=1S/C26H30F6N6O5/c1-5-6-7-16(18(39)20(40)35-17-8-9-33-36-17)34-23(41)42-19(24(2,3)4)22-38-37-21(43-22)13-10-14(25(27,28)29)12-15(11-13)26(30,31)32/h8-12,16,18-19,39H,5-7H2,1-4H3,(H,34,41)(H2,33,35,36,40)/t16-,18+,19-/m0/s1. The predicted octanol–water partition coefficient (Wildman–Crippen LogP) is 5.87. The summed E-state index contributed by atoms with van der Waals surface area (Å²) in [5, 5.41) is 29.0. The molecule has 2 amide bonds. The molecule has 17 heteroatoms. The van der Waals surface area contributed by atoms with E-state index in [0.29, 0.717) is 25.0 Å². The molecule has 0 radical (unpaired) electrons. The molecule has 0 fully saturated rings. The zero-order valence-corrected chi connectivity index (χ0v) is 23.4. The van der Waals surface area contributed by atoms with Gasteiger partial charge in [0.25, 0.3) is 11.8 Å². The number of amides is 2. The molecule has 3 atom stereocenters. The van der Waals surface area contributed by atoms with Crippen LogP contribution in [0.15, 0.2) is 34.9 Å². The number of alkyl carbamates (subject to hydrolysis) is 1. The fourth-order valence-corrected chi connectivity index (χ4v) is 3.87. The van der Waals surface area contributed by atoms with Gasteiger partial charge in [-0.2, -0.15) is 31.4 Å². The summed E-state index contributed by atoms with van der Waals surface area (Å²) in [5.41, 5.74) is -4.77. The van der Waals surface area contributed by atoms with Crippen LogP contribution in [0.1, 0.15) is 70.1 Å². The molecule has 2 heterocycles. The zero-order chi connectivity index (χ0) is 32.2. The second-order valence-electron chi connectivity index (χ2n) is 10.7. The Hall–Kier alpha value is -4.15. The number of nitrogens with one attached hydrogen (secondary N) is 3. The van der Waals surface area contributed by atoms with Crippen molar-refractivity contribution < 1.29 is 50.2 Å². The van der Waals surface area contributed by atoms with Gasteiger partial charge >= 0.3 is 18.4 Å². The van der Waals surface area contributed by atoms with Crippen molar-refractivity contribution in [3.05, 3.63) is 47.5 Å². The Kier molecular flexibility index (Phi) is 10.1. The van der Waals surface area contributed by atoms with E-state index in [1.807, 2.05) is 6.92 Å². The number of aliphatic hydroxyl groups is 1. The van der Waals surface area contributed by atoms with E-state index in [2.05, 4.69) is 31.0 Å². The van der Waals surface area contributed by atoms with Gasteiger partial charge < -0.3 is 24.9 Å². The van der Waals surface area contributed by atoms with Crippen molar-refractivity contribution in [1.82, 2.24) is 25.7 Å². The van der Waals surface area contributed by atoms with Crippen LogP contribution in [0.25, 0.3) is 11.5 Å². The molecule has 0 aliphatic heterocycles. The van der Waals surface area contributed by atoms with E-state index in [0.717, 1.165) is 0 Å². The summed E-state index contributed by atoms with van der Waals surface area (Å²) in [5.74, 6) is -1.70. The van der Waals surface area contributed by atoms with Crippen LogP contribution < -0.4 is 10.6 Å². The molecule has 0 saturated heterocycles. The number of anilines is 1. The maximum atomic E-state index is 13.3. The molecule has 43 heavy (non-hydrogen) atoms. The van der Waals surface area contributed by atoms with Gasteiger partial charge in [0.1, 0.15) is 5.82 Å². The second-order valence-corrected chi connectivity index (χ2v) is 10.7. The lowest BCUT2D eigenvalue weighted by Crippen LogP contribution is -2.49.